The zero-order chi connectivity index (χ0) is 25.1. The van der Waals surface area contributed by atoms with E-state index in [1.807, 2.05) is 6.07 Å². The Morgan fingerprint density at radius 1 is 1.19 bits per heavy atom. The minimum atomic E-state index is -0.666. The normalized spacial score (nSPS) is 20.2. The third-order valence-corrected chi connectivity index (χ3v) is 6.79. The first-order valence-corrected chi connectivity index (χ1v) is 12.1. The number of rotatable bonds is 5. The van der Waals surface area contributed by atoms with Crippen LogP contribution in [0.5, 0.6) is 0 Å². The summed E-state index contributed by atoms with van der Waals surface area (Å²) in [4.78, 5) is 20.7. The minimum Gasteiger partial charge on any atom is -0.409 e. The van der Waals surface area contributed by atoms with Crippen molar-refractivity contribution in [3.8, 4) is 11.1 Å². The van der Waals surface area contributed by atoms with Gasteiger partial charge in [-0.05, 0) is 68.2 Å². The first-order valence-electron chi connectivity index (χ1n) is 12.1. The van der Waals surface area contributed by atoms with Crippen molar-refractivity contribution in [1.82, 2.24) is 20.5 Å². The maximum Gasteiger partial charge on any atom is 0.292 e. The number of pyridine rings is 1. The molecular weight excluding hydrogens is 465 g/mol. The average Bonchev–Trinajstić information content (AvgIpc) is 3.27. The molecule has 0 saturated heterocycles. The zero-order valence-electron chi connectivity index (χ0n) is 19.7. The first kappa shape index (κ1) is 23.9. The number of hydrogen-bond donors (Lipinski definition) is 5. The van der Waals surface area contributed by atoms with E-state index in [9.17, 15) is 9.90 Å². The van der Waals surface area contributed by atoms with Crippen molar-refractivity contribution in [2.24, 2.45) is 10.1 Å². The molecule has 11 heteroatoms. The molecule has 10 nitrogen and oxygen atoms in total. The Morgan fingerprint density at radius 3 is 2.69 bits per heavy atom. The number of aliphatic hydroxyl groups is 1. The second-order valence-corrected chi connectivity index (χ2v) is 9.25. The summed E-state index contributed by atoms with van der Waals surface area (Å²) in [6, 6.07) is 6.81. The number of H-pyrrole nitrogens is 1. The number of aromatic nitrogens is 3. The van der Waals surface area contributed by atoms with E-state index in [2.05, 4.69) is 36.0 Å². The van der Waals surface area contributed by atoms with E-state index in [0.29, 0.717) is 17.0 Å². The highest BCUT2D eigenvalue weighted by Gasteiger charge is 2.22. The van der Waals surface area contributed by atoms with Crippen LogP contribution in [0.4, 0.5) is 10.2 Å². The van der Waals surface area contributed by atoms with E-state index in [1.54, 1.807) is 18.3 Å². The van der Waals surface area contributed by atoms with Gasteiger partial charge in [0.25, 0.3) is 11.7 Å². The molecule has 188 valence electrons. The van der Waals surface area contributed by atoms with Gasteiger partial charge in [-0.3, -0.25) is 9.89 Å². The van der Waals surface area contributed by atoms with Gasteiger partial charge in [-0.25, -0.2) is 14.4 Å². The largest absolute Gasteiger partial charge is 0.409 e. The SMILES string of the molecule is O=C(NCc1ccc(-c2ccnc3[nH]nc(N[C@H]4CC[C@H](O)CC4)c23)cc1F)/C(N=C1CCC1)=N/O. The lowest BCUT2D eigenvalue weighted by Crippen LogP contribution is -2.31. The molecule has 0 aliphatic heterocycles. The summed E-state index contributed by atoms with van der Waals surface area (Å²) in [5.41, 5.74) is 3.11. The summed E-state index contributed by atoms with van der Waals surface area (Å²) in [6.07, 6.45) is 7.13. The molecule has 2 aliphatic carbocycles. The van der Waals surface area contributed by atoms with Crippen LogP contribution in [0.3, 0.4) is 0 Å². The van der Waals surface area contributed by atoms with Crippen LogP contribution in [0.15, 0.2) is 40.6 Å². The molecule has 1 aromatic carbocycles. The summed E-state index contributed by atoms with van der Waals surface area (Å²) in [5.74, 6) is -0.825. The molecular formula is C25H28FN7O3. The summed E-state index contributed by atoms with van der Waals surface area (Å²) >= 11 is 0. The van der Waals surface area contributed by atoms with Crippen molar-refractivity contribution >= 4 is 34.3 Å². The molecule has 2 fully saturated rings. The molecule has 3 aromatic rings. The molecule has 36 heavy (non-hydrogen) atoms. The van der Waals surface area contributed by atoms with Crippen molar-refractivity contribution in [3.63, 3.8) is 0 Å². The van der Waals surface area contributed by atoms with Crippen LogP contribution in [-0.4, -0.2) is 55.1 Å². The minimum absolute atomic E-state index is 0.0768. The number of nitrogens with one attached hydrogen (secondary N) is 3. The fourth-order valence-corrected chi connectivity index (χ4v) is 4.54. The van der Waals surface area contributed by atoms with Crippen LogP contribution >= 0.6 is 0 Å². The number of oxime groups is 1. The number of halogens is 1. The van der Waals surface area contributed by atoms with E-state index >= 15 is 4.39 Å². The number of fused-ring (bicyclic) bond motifs is 1. The smallest absolute Gasteiger partial charge is 0.292 e. The lowest BCUT2D eigenvalue weighted by Gasteiger charge is -2.26. The molecule has 2 heterocycles. The fourth-order valence-electron chi connectivity index (χ4n) is 4.54. The summed E-state index contributed by atoms with van der Waals surface area (Å²) in [7, 11) is 0. The number of carbonyl (C=O) groups excluding carboxylic acids is 1. The van der Waals surface area contributed by atoms with E-state index in [0.717, 1.165) is 61.6 Å². The first-order chi connectivity index (χ1) is 17.5. The van der Waals surface area contributed by atoms with Crippen molar-refractivity contribution in [2.75, 3.05) is 5.32 Å². The van der Waals surface area contributed by atoms with Gasteiger partial charge in [0.05, 0.1) is 11.5 Å². The van der Waals surface area contributed by atoms with E-state index in [4.69, 9.17) is 5.21 Å². The van der Waals surface area contributed by atoms with Crippen molar-refractivity contribution in [2.45, 2.75) is 63.6 Å². The van der Waals surface area contributed by atoms with Crippen LogP contribution in [0, 0.1) is 5.82 Å². The maximum absolute atomic E-state index is 15.0. The predicted molar refractivity (Wildman–Crippen MR) is 134 cm³/mol. The van der Waals surface area contributed by atoms with Crippen LogP contribution in [-0.2, 0) is 11.3 Å². The average molecular weight is 494 g/mol. The quantitative estimate of drug-likeness (QED) is 0.159. The van der Waals surface area contributed by atoms with E-state index in [1.165, 1.54) is 6.07 Å². The third-order valence-electron chi connectivity index (χ3n) is 6.79. The second kappa shape index (κ2) is 10.4. The number of benzene rings is 1. The topological polar surface area (TPSA) is 148 Å². The van der Waals surface area contributed by atoms with Crippen LogP contribution in [0.1, 0.15) is 50.5 Å². The van der Waals surface area contributed by atoms with Gasteiger partial charge in [0, 0.05) is 30.1 Å². The number of aliphatic hydroxyl groups excluding tert-OH is 1. The molecule has 2 aliphatic rings. The molecule has 0 unspecified atom stereocenters. The fraction of sp³-hybridized carbons (Fsp3) is 0.400. The Balaban J connectivity index is 1.33. The molecule has 0 radical (unpaired) electrons. The lowest BCUT2D eigenvalue weighted by molar-refractivity contribution is -0.115. The summed E-state index contributed by atoms with van der Waals surface area (Å²) < 4.78 is 15.0. The number of anilines is 1. The monoisotopic (exact) mass is 493 g/mol. The number of hydrogen-bond acceptors (Lipinski definition) is 7. The Morgan fingerprint density at radius 2 is 2.00 bits per heavy atom. The van der Waals surface area contributed by atoms with Gasteiger partial charge in [0.1, 0.15) is 5.82 Å². The molecule has 2 saturated carbocycles. The number of nitrogens with zero attached hydrogens (tertiary/aromatic N) is 4. The molecule has 2 aromatic heterocycles. The second-order valence-electron chi connectivity index (χ2n) is 9.25. The Bertz CT molecular complexity index is 1320. The molecule has 5 N–H and O–H groups in total. The van der Waals surface area contributed by atoms with E-state index in [-0.39, 0.29) is 30.1 Å². The van der Waals surface area contributed by atoms with Crippen molar-refractivity contribution in [1.29, 1.82) is 0 Å². The predicted octanol–water partition coefficient (Wildman–Crippen LogP) is 3.51. The van der Waals surface area contributed by atoms with Crippen molar-refractivity contribution in [3.05, 3.63) is 41.8 Å². The van der Waals surface area contributed by atoms with Gasteiger partial charge in [0.2, 0.25) is 0 Å². The number of aromatic amines is 1. The molecule has 5 rings (SSSR count). The standard InChI is InChI=1S/C25H28FN7O3/c26-20-12-14(4-5-15(20)13-28-25(35)24(33-36)30-16-2-1-3-16)19-10-11-27-22-21(19)23(32-31-22)29-17-6-8-18(34)9-7-17/h4-5,10-12,17-18,34,36H,1-3,6-9,13H2,(H,28,35)(H2,27,29,31,32)/b33-24-/t17-,18-. The number of amides is 1. The molecule has 0 spiro atoms. The number of aliphatic imine (C=N–C) groups is 1. The van der Waals surface area contributed by atoms with Gasteiger partial charge in [0.15, 0.2) is 11.5 Å². The van der Waals surface area contributed by atoms with Crippen LogP contribution in [0.25, 0.3) is 22.2 Å². The summed E-state index contributed by atoms with van der Waals surface area (Å²) in [6.45, 7) is -0.0768. The highest BCUT2D eigenvalue weighted by Crippen LogP contribution is 2.33. The van der Waals surface area contributed by atoms with Gasteiger partial charge < -0.3 is 20.9 Å². The lowest BCUT2D eigenvalue weighted by atomic mass is 9.93. The van der Waals surface area contributed by atoms with Crippen LogP contribution in [0.2, 0.25) is 0 Å². The molecule has 0 atom stereocenters. The van der Waals surface area contributed by atoms with Gasteiger partial charge >= 0.3 is 0 Å². The summed E-state index contributed by atoms with van der Waals surface area (Å²) in [5, 5.41) is 36.0. The van der Waals surface area contributed by atoms with Gasteiger partial charge in [-0.1, -0.05) is 17.3 Å². The molecule has 1 amide bonds. The van der Waals surface area contributed by atoms with Gasteiger partial charge in [-0.15, -0.1) is 0 Å². The maximum atomic E-state index is 15.0. The highest BCUT2D eigenvalue weighted by molar-refractivity contribution is 6.39. The number of amidine groups is 1. The molecule has 0 bridgehead atoms. The Labute approximate surface area is 206 Å². The van der Waals surface area contributed by atoms with Gasteiger partial charge in [-0.2, -0.15) is 5.10 Å². The van der Waals surface area contributed by atoms with Crippen molar-refractivity contribution < 1.29 is 19.5 Å². The number of carbonyl (C=O) groups is 1. The van der Waals surface area contributed by atoms with E-state index < -0.39 is 11.7 Å². The highest BCUT2D eigenvalue weighted by atomic mass is 19.1. The Hall–Kier alpha value is -3.86. The zero-order valence-corrected chi connectivity index (χ0v) is 19.7. The third kappa shape index (κ3) is 5.06. The Kier molecular flexibility index (Phi) is 6.90. The van der Waals surface area contributed by atoms with Crippen LogP contribution < -0.4 is 10.6 Å².